The Hall–Kier alpha value is -3.23. The molecule has 1 saturated heterocycles. The van der Waals surface area contributed by atoms with Gasteiger partial charge in [0.1, 0.15) is 18.2 Å². The summed E-state index contributed by atoms with van der Waals surface area (Å²) >= 11 is 0. The lowest BCUT2D eigenvalue weighted by atomic mass is 10.1. The molecule has 2 heterocycles. The zero-order chi connectivity index (χ0) is 24.4. The number of piperidine rings is 1. The maximum atomic E-state index is 13.5. The number of fused-ring (bicyclic) bond motifs is 1. The van der Waals surface area contributed by atoms with Crippen molar-refractivity contribution in [3.63, 3.8) is 0 Å². The number of carbonyl (C=O) groups is 1. The van der Waals surface area contributed by atoms with Crippen LogP contribution >= 0.6 is 0 Å². The minimum atomic E-state index is -0.183. The Morgan fingerprint density at radius 3 is 2.66 bits per heavy atom. The summed E-state index contributed by atoms with van der Waals surface area (Å²) in [5.41, 5.74) is 2.52. The summed E-state index contributed by atoms with van der Waals surface area (Å²) in [4.78, 5) is 32.9. The summed E-state index contributed by atoms with van der Waals surface area (Å²) in [5.74, 6) is 0.568. The van der Waals surface area contributed by atoms with Crippen LogP contribution in [-0.4, -0.2) is 65.9 Å². The molecule has 8 heteroatoms. The lowest BCUT2D eigenvalue weighted by molar-refractivity contribution is 0.0798. The molecule has 1 aliphatic carbocycles. The normalized spacial score (nSPS) is 17.0. The second-order valence-corrected chi connectivity index (χ2v) is 9.50. The Morgan fingerprint density at radius 2 is 1.91 bits per heavy atom. The molecule has 1 aliphatic heterocycles. The first kappa shape index (κ1) is 23.5. The van der Waals surface area contributed by atoms with Crippen molar-refractivity contribution in [3.8, 4) is 11.4 Å². The van der Waals surface area contributed by atoms with E-state index >= 15 is 0 Å². The summed E-state index contributed by atoms with van der Waals surface area (Å²) in [5, 5.41) is 3.50. The van der Waals surface area contributed by atoms with Gasteiger partial charge in [-0.3, -0.25) is 14.2 Å². The molecule has 8 nitrogen and oxygen atoms in total. The lowest BCUT2D eigenvalue weighted by Gasteiger charge is -2.31. The van der Waals surface area contributed by atoms with E-state index in [1.54, 1.807) is 25.3 Å². The first-order valence-corrected chi connectivity index (χ1v) is 12.3. The number of nitrogens with zero attached hydrogens (tertiary/aromatic N) is 3. The molecular weight excluding hydrogens is 444 g/mol. The molecule has 2 aliphatic rings. The van der Waals surface area contributed by atoms with Gasteiger partial charge in [-0.2, -0.15) is 0 Å². The van der Waals surface area contributed by atoms with Crippen LogP contribution in [0.1, 0.15) is 41.6 Å². The van der Waals surface area contributed by atoms with Gasteiger partial charge in [0.05, 0.1) is 23.2 Å². The number of benzene rings is 2. The van der Waals surface area contributed by atoms with Crippen molar-refractivity contribution in [2.24, 2.45) is 0 Å². The second kappa shape index (κ2) is 10.2. The molecule has 184 valence electrons. The van der Waals surface area contributed by atoms with Gasteiger partial charge in [0.2, 0.25) is 0 Å². The topological polar surface area (TPSA) is 85.7 Å². The van der Waals surface area contributed by atoms with Gasteiger partial charge in [0.25, 0.3) is 11.5 Å². The van der Waals surface area contributed by atoms with Crippen LogP contribution in [0.3, 0.4) is 0 Å². The fourth-order valence-electron chi connectivity index (χ4n) is 4.52. The predicted molar refractivity (Wildman–Crippen MR) is 135 cm³/mol. The smallest absolute Gasteiger partial charge is 0.265 e. The Kier molecular flexibility index (Phi) is 6.83. The lowest BCUT2D eigenvalue weighted by Crippen LogP contribution is -2.39. The molecule has 0 bridgehead atoms. The monoisotopic (exact) mass is 476 g/mol. The Morgan fingerprint density at radius 1 is 1.11 bits per heavy atom. The molecule has 1 aromatic heterocycles. The largest absolute Gasteiger partial charge is 0.490 e. The van der Waals surface area contributed by atoms with Crippen LogP contribution in [0.4, 0.5) is 0 Å². The molecule has 2 fully saturated rings. The van der Waals surface area contributed by atoms with Gasteiger partial charge < -0.3 is 19.7 Å². The number of amides is 1. The second-order valence-electron chi connectivity index (χ2n) is 9.50. The molecule has 2 aromatic carbocycles. The standard InChI is InChI=1S/C27H32N4O4/c1-18-3-4-19(26(32)29-20-5-6-20)15-25(18)31-17-28-24-8-7-22(16-23(24)27(31)33)35-21-9-11-30(12-10-21)13-14-34-2/h3-4,7-8,15-17,20-21H,5-6,9-14H2,1-2H3,(H,29,32). The molecule has 0 radical (unpaired) electrons. The molecule has 0 atom stereocenters. The number of methoxy groups -OCH3 is 1. The van der Waals surface area contributed by atoms with Crippen LogP contribution in [0.5, 0.6) is 5.75 Å². The number of rotatable bonds is 8. The van der Waals surface area contributed by atoms with E-state index in [0.29, 0.717) is 27.9 Å². The summed E-state index contributed by atoms with van der Waals surface area (Å²) in [6.45, 7) is 5.54. The number of hydrogen-bond acceptors (Lipinski definition) is 6. The third-order valence-electron chi connectivity index (χ3n) is 6.82. The van der Waals surface area contributed by atoms with E-state index in [2.05, 4.69) is 15.2 Å². The number of aromatic nitrogens is 2. The fraction of sp³-hybridized carbons (Fsp3) is 0.444. The molecule has 1 amide bonds. The van der Waals surface area contributed by atoms with Crippen LogP contribution < -0.4 is 15.6 Å². The van der Waals surface area contributed by atoms with Crippen LogP contribution in [-0.2, 0) is 4.74 Å². The highest BCUT2D eigenvalue weighted by atomic mass is 16.5. The van der Waals surface area contributed by atoms with E-state index in [1.807, 2.05) is 25.1 Å². The average Bonchev–Trinajstić information content (AvgIpc) is 3.69. The Bertz CT molecular complexity index is 1280. The number of ether oxygens (including phenoxy) is 2. The third-order valence-corrected chi connectivity index (χ3v) is 6.82. The van der Waals surface area contributed by atoms with Gasteiger partial charge >= 0.3 is 0 Å². The van der Waals surface area contributed by atoms with Crippen molar-refractivity contribution in [2.75, 3.05) is 33.4 Å². The predicted octanol–water partition coefficient (Wildman–Crippen LogP) is 3.08. The SMILES string of the molecule is COCCN1CCC(Oc2ccc3ncn(-c4cc(C(=O)NC5CC5)ccc4C)c(=O)c3c2)CC1. The molecule has 0 spiro atoms. The average molecular weight is 477 g/mol. The van der Waals surface area contributed by atoms with E-state index in [-0.39, 0.29) is 23.6 Å². The summed E-state index contributed by atoms with van der Waals surface area (Å²) in [6.07, 6.45) is 5.58. The van der Waals surface area contributed by atoms with Crippen LogP contribution in [0, 0.1) is 6.92 Å². The minimum Gasteiger partial charge on any atom is -0.490 e. The van der Waals surface area contributed by atoms with Crippen LogP contribution in [0.2, 0.25) is 0 Å². The van der Waals surface area contributed by atoms with Crippen molar-refractivity contribution in [1.82, 2.24) is 19.8 Å². The molecule has 1 saturated carbocycles. The van der Waals surface area contributed by atoms with E-state index in [0.717, 1.165) is 57.5 Å². The van der Waals surface area contributed by atoms with E-state index in [9.17, 15) is 9.59 Å². The van der Waals surface area contributed by atoms with Crippen LogP contribution in [0.25, 0.3) is 16.6 Å². The van der Waals surface area contributed by atoms with Gasteiger partial charge in [0.15, 0.2) is 0 Å². The maximum Gasteiger partial charge on any atom is 0.265 e. The Balaban J connectivity index is 1.37. The zero-order valence-electron chi connectivity index (χ0n) is 20.3. The van der Waals surface area contributed by atoms with Gasteiger partial charge in [-0.15, -0.1) is 0 Å². The van der Waals surface area contributed by atoms with Crippen molar-refractivity contribution in [2.45, 2.75) is 44.8 Å². The molecule has 35 heavy (non-hydrogen) atoms. The number of likely N-dealkylation sites (tertiary alicyclic amines) is 1. The van der Waals surface area contributed by atoms with Crippen molar-refractivity contribution in [1.29, 1.82) is 0 Å². The minimum absolute atomic E-state index is 0.112. The number of nitrogens with one attached hydrogen (secondary N) is 1. The van der Waals surface area contributed by atoms with Gasteiger partial charge in [-0.25, -0.2) is 4.98 Å². The number of carbonyl (C=O) groups excluding carboxylic acids is 1. The third kappa shape index (κ3) is 5.39. The molecule has 1 N–H and O–H groups in total. The quantitative estimate of drug-likeness (QED) is 0.538. The van der Waals surface area contributed by atoms with Gasteiger partial charge in [0, 0.05) is 38.3 Å². The fourth-order valence-corrected chi connectivity index (χ4v) is 4.52. The van der Waals surface area contributed by atoms with Crippen molar-refractivity contribution >= 4 is 16.8 Å². The first-order chi connectivity index (χ1) is 17.0. The highest BCUT2D eigenvalue weighted by Gasteiger charge is 2.24. The maximum absolute atomic E-state index is 13.5. The van der Waals surface area contributed by atoms with Gasteiger partial charge in [-0.1, -0.05) is 6.07 Å². The number of hydrogen-bond donors (Lipinski definition) is 1. The summed E-state index contributed by atoms with van der Waals surface area (Å²) in [6, 6.07) is 11.2. The Labute approximate surface area is 204 Å². The van der Waals surface area contributed by atoms with Gasteiger partial charge in [-0.05, 0) is 68.5 Å². The molecule has 5 rings (SSSR count). The molecule has 0 unspecified atom stereocenters. The number of aryl methyl sites for hydroxylation is 1. The summed E-state index contributed by atoms with van der Waals surface area (Å²) in [7, 11) is 1.72. The highest BCUT2D eigenvalue weighted by Crippen LogP contribution is 2.24. The van der Waals surface area contributed by atoms with E-state index < -0.39 is 0 Å². The zero-order valence-corrected chi connectivity index (χ0v) is 20.3. The van der Waals surface area contributed by atoms with Crippen molar-refractivity contribution in [3.05, 3.63) is 64.2 Å². The summed E-state index contributed by atoms with van der Waals surface area (Å²) < 4.78 is 12.9. The first-order valence-electron chi connectivity index (χ1n) is 12.3. The van der Waals surface area contributed by atoms with Crippen molar-refractivity contribution < 1.29 is 14.3 Å². The highest BCUT2D eigenvalue weighted by molar-refractivity contribution is 5.95. The van der Waals surface area contributed by atoms with E-state index in [4.69, 9.17) is 9.47 Å². The van der Waals surface area contributed by atoms with Crippen LogP contribution in [0.15, 0.2) is 47.5 Å². The molecule has 3 aromatic rings. The molecular formula is C27H32N4O4. The van der Waals surface area contributed by atoms with E-state index in [1.165, 1.54) is 10.9 Å².